The van der Waals surface area contributed by atoms with E-state index < -0.39 is 0 Å². The molecule has 7 aromatic rings. The smallest absolute Gasteiger partial charge is 0.164 e. The Kier molecular flexibility index (Phi) is 6.02. The summed E-state index contributed by atoms with van der Waals surface area (Å²) in [4.78, 5) is 15.8. The van der Waals surface area contributed by atoms with Crippen molar-refractivity contribution in [2.45, 2.75) is 56.8 Å². The Hall–Kier alpha value is -5.41. The van der Waals surface area contributed by atoms with Crippen molar-refractivity contribution in [2.24, 2.45) is 23.7 Å². The van der Waals surface area contributed by atoms with Crippen LogP contribution in [0.15, 0.2) is 127 Å². The van der Waals surface area contributed by atoms with Gasteiger partial charge in [-0.25, -0.2) is 15.0 Å². The fourth-order valence-electron chi connectivity index (χ4n) is 12.3. The van der Waals surface area contributed by atoms with Crippen LogP contribution in [-0.4, -0.2) is 15.0 Å². The van der Waals surface area contributed by atoms with E-state index in [1.165, 1.54) is 81.8 Å². The molecular formula is C50H41N3. The maximum absolute atomic E-state index is 5.34. The molecule has 0 N–H and O–H groups in total. The van der Waals surface area contributed by atoms with Crippen molar-refractivity contribution in [1.29, 1.82) is 0 Å². The van der Waals surface area contributed by atoms with Crippen LogP contribution in [0.5, 0.6) is 0 Å². The fraction of sp³-hybridized carbons (Fsp3) is 0.260. The van der Waals surface area contributed by atoms with Crippen LogP contribution in [0.1, 0.15) is 68.2 Å². The molecule has 1 heterocycles. The molecule has 4 fully saturated rings. The van der Waals surface area contributed by atoms with E-state index in [0.717, 1.165) is 40.2 Å². The third-order valence-electron chi connectivity index (χ3n) is 14.3. The standard InChI is InChI=1S/C50H41N3/c1-49(2)41-15-9-8-14-38(41)40-27-33(18-20-42(40)49)47-51-46(32-11-4-3-5-12-32)52-48(53-47)34-16-19-39-44(28-34)50(35-23-29-22-30(25-35)26-36(50)24-29)43-21-17-31-10-6-7-13-37(31)45(39)43/h3-21,27-30,35-36H,22-26H2,1-2H3. The second-order valence-corrected chi connectivity index (χ2v) is 17.2. The second kappa shape index (κ2) is 10.6. The molecule has 256 valence electrons. The van der Waals surface area contributed by atoms with Crippen LogP contribution in [0.4, 0.5) is 0 Å². The minimum absolute atomic E-state index is 0.0505. The van der Waals surface area contributed by atoms with E-state index in [1.807, 2.05) is 0 Å². The molecule has 13 rings (SSSR count). The SMILES string of the molecule is CC1(C)c2ccccc2-c2cc(-c3nc(-c4ccccc4)nc(-c4ccc5c(c4)C4(c6ccc7ccccc7c6-5)C5CC6CC(C5)CC4C6)n3)ccc21. The predicted octanol–water partition coefficient (Wildman–Crippen LogP) is 12.1. The first-order valence-corrected chi connectivity index (χ1v) is 19.7. The van der Waals surface area contributed by atoms with Crippen LogP contribution in [0.2, 0.25) is 0 Å². The summed E-state index contributed by atoms with van der Waals surface area (Å²) in [7, 11) is 0. The molecule has 0 amide bonds. The molecule has 6 aliphatic carbocycles. The summed E-state index contributed by atoms with van der Waals surface area (Å²) in [5.74, 6) is 5.33. The van der Waals surface area contributed by atoms with E-state index in [9.17, 15) is 0 Å². The highest BCUT2D eigenvalue weighted by Crippen LogP contribution is 2.70. The second-order valence-electron chi connectivity index (χ2n) is 17.2. The number of benzene rings is 6. The van der Waals surface area contributed by atoms with Crippen molar-refractivity contribution in [2.75, 3.05) is 0 Å². The quantitative estimate of drug-likeness (QED) is 0.186. The number of rotatable bonds is 3. The Morgan fingerprint density at radius 3 is 1.83 bits per heavy atom. The lowest BCUT2D eigenvalue weighted by molar-refractivity contribution is -0.0399. The zero-order chi connectivity index (χ0) is 35.1. The van der Waals surface area contributed by atoms with Crippen molar-refractivity contribution in [3.05, 3.63) is 150 Å². The summed E-state index contributed by atoms with van der Waals surface area (Å²) in [6, 6.07) is 47.2. The molecule has 0 saturated heterocycles. The van der Waals surface area contributed by atoms with Gasteiger partial charge in [0.05, 0.1) is 0 Å². The molecule has 0 unspecified atom stereocenters. The zero-order valence-corrected chi connectivity index (χ0v) is 30.3. The van der Waals surface area contributed by atoms with Gasteiger partial charge >= 0.3 is 0 Å². The highest BCUT2D eigenvalue weighted by molar-refractivity contribution is 6.03. The molecule has 4 saturated carbocycles. The highest BCUT2D eigenvalue weighted by atomic mass is 15.0. The molecule has 4 bridgehead atoms. The van der Waals surface area contributed by atoms with Crippen molar-refractivity contribution >= 4 is 10.8 Å². The molecule has 6 aliphatic rings. The van der Waals surface area contributed by atoms with Crippen molar-refractivity contribution in [1.82, 2.24) is 15.0 Å². The molecule has 3 nitrogen and oxygen atoms in total. The lowest BCUT2D eigenvalue weighted by Crippen LogP contribution is -2.55. The van der Waals surface area contributed by atoms with E-state index >= 15 is 0 Å². The average molecular weight is 684 g/mol. The molecule has 0 aliphatic heterocycles. The summed E-state index contributed by atoms with van der Waals surface area (Å²) < 4.78 is 0. The Labute approximate surface area is 311 Å². The predicted molar refractivity (Wildman–Crippen MR) is 214 cm³/mol. The number of hydrogen-bond donors (Lipinski definition) is 0. The van der Waals surface area contributed by atoms with Gasteiger partial charge in [-0.3, -0.25) is 0 Å². The third-order valence-corrected chi connectivity index (χ3v) is 14.3. The minimum atomic E-state index is -0.0505. The number of nitrogens with zero attached hydrogens (tertiary/aromatic N) is 3. The van der Waals surface area contributed by atoms with Gasteiger partial charge in [-0.1, -0.05) is 129 Å². The summed E-state index contributed by atoms with van der Waals surface area (Å²) in [5, 5.41) is 2.72. The summed E-state index contributed by atoms with van der Waals surface area (Å²) in [5.41, 5.74) is 14.4. The first kappa shape index (κ1) is 30.1. The molecular weight excluding hydrogens is 643 g/mol. The highest BCUT2D eigenvalue weighted by Gasteiger charge is 2.61. The lowest BCUT2D eigenvalue weighted by atomic mass is 9.43. The zero-order valence-electron chi connectivity index (χ0n) is 30.3. The van der Waals surface area contributed by atoms with Crippen molar-refractivity contribution < 1.29 is 0 Å². The van der Waals surface area contributed by atoms with Crippen LogP contribution in [0.25, 0.3) is 67.2 Å². The van der Waals surface area contributed by atoms with Gasteiger partial charge in [0.2, 0.25) is 0 Å². The summed E-state index contributed by atoms with van der Waals surface area (Å²) >= 11 is 0. The third kappa shape index (κ3) is 4.03. The molecule has 0 radical (unpaired) electrons. The Balaban J connectivity index is 1.07. The van der Waals surface area contributed by atoms with E-state index in [2.05, 4.69) is 141 Å². The first-order valence-electron chi connectivity index (χ1n) is 19.7. The monoisotopic (exact) mass is 683 g/mol. The van der Waals surface area contributed by atoms with Gasteiger partial charge in [0.1, 0.15) is 0 Å². The topological polar surface area (TPSA) is 38.7 Å². The molecule has 1 spiro atoms. The Morgan fingerprint density at radius 1 is 0.453 bits per heavy atom. The summed E-state index contributed by atoms with van der Waals surface area (Å²) in [6.45, 7) is 4.66. The lowest BCUT2D eigenvalue weighted by Gasteiger charge is -2.61. The van der Waals surface area contributed by atoms with E-state index in [4.69, 9.17) is 15.0 Å². The minimum Gasteiger partial charge on any atom is -0.208 e. The van der Waals surface area contributed by atoms with Crippen LogP contribution in [0.3, 0.4) is 0 Å². The molecule has 53 heavy (non-hydrogen) atoms. The average Bonchev–Trinajstić information content (AvgIpc) is 3.62. The van der Waals surface area contributed by atoms with Crippen molar-refractivity contribution in [3.8, 4) is 56.4 Å². The van der Waals surface area contributed by atoms with Gasteiger partial charge in [-0.2, -0.15) is 0 Å². The van der Waals surface area contributed by atoms with Crippen LogP contribution >= 0.6 is 0 Å². The van der Waals surface area contributed by atoms with Crippen LogP contribution < -0.4 is 0 Å². The number of aromatic nitrogens is 3. The van der Waals surface area contributed by atoms with E-state index in [0.29, 0.717) is 17.7 Å². The fourth-order valence-corrected chi connectivity index (χ4v) is 12.3. The largest absolute Gasteiger partial charge is 0.208 e. The van der Waals surface area contributed by atoms with Gasteiger partial charge in [-0.15, -0.1) is 0 Å². The normalized spacial score (nSPS) is 25.0. The number of hydrogen-bond acceptors (Lipinski definition) is 3. The number of fused-ring (bicyclic) bond motifs is 8. The first-order chi connectivity index (χ1) is 26.0. The molecule has 3 heteroatoms. The maximum Gasteiger partial charge on any atom is 0.164 e. The molecule has 6 aromatic carbocycles. The van der Waals surface area contributed by atoms with Gasteiger partial charge in [0.25, 0.3) is 0 Å². The van der Waals surface area contributed by atoms with E-state index in [1.54, 1.807) is 5.56 Å². The summed E-state index contributed by atoms with van der Waals surface area (Å²) in [6.07, 6.45) is 6.87. The van der Waals surface area contributed by atoms with Crippen LogP contribution in [-0.2, 0) is 10.8 Å². The van der Waals surface area contributed by atoms with Crippen molar-refractivity contribution in [3.63, 3.8) is 0 Å². The Bertz CT molecular complexity index is 2640. The Morgan fingerprint density at radius 2 is 1.06 bits per heavy atom. The van der Waals surface area contributed by atoms with E-state index in [-0.39, 0.29) is 10.8 Å². The maximum atomic E-state index is 5.34. The van der Waals surface area contributed by atoms with Gasteiger partial charge in [-0.05, 0) is 123 Å². The van der Waals surface area contributed by atoms with Crippen LogP contribution in [0, 0.1) is 23.7 Å². The molecule has 0 atom stereocenters. The van der Waals surface area contributed by atoms with Gasteiger partial charge in [0.15, 0.2) is 17.5 Å². The molecule has 1 aromatic heterocycles. The van der Waals surface area contributed by atoms with Gasteiger partial charge in [0, 0.05) is 27.5 Å². The van der Waals surface area contributed by atoms with Gasteiger partial charge < -0.3 is 0 Å².